The second kappa shape index (κ2) is 5.46. The number of hydrogen-bond donors (Lipinski definition) is 2. The van der Waals surface area contributed by atoms with Crippen LogP contribution in [0.2, 0.25) is 0 Å². The number of nitrogens with zero attached hydrogens (tertiary/aromatic N) is 3. The van der Waals surface area contributed by atoms with Gasteiger partial charge in [0.15, 0.2) is 5.82 Å². The van der Waals surface area contributed by atoms with Crippen LogP contribution in [-0.4, -0.2) is 36.1 Å². The van der Waals surface area contributed by atoms with Gasteiger partial charge in [0, 0.05) is 32.8 Å². The quantitative estimate of drug-likeness (QED) is 0.805. The van der Waals surface area contributed by atoms with Crippen molar-refractivity contribution in [2.45, 2.75) is 0 Å². The van der Waals surface area contributed by atoms with Gasteiger partial charge in [0.2, 0.25) is 0 Å². The molecule has 1 aromatic carbocycles. The Bertz CT molecular complexity index is 510. The van der Waals surface area contributed by atoms with Crippen molar-refractivity contribution < 1.29 is 0 Å². The summed E-state index contributed by atoms with van der Waals surface area (Å²) < 4.78 is 0. The van der Waals surface area contributed by atoms with Crippen LogP contribution in [0.5, 0.6) is 0 Å². The Kier molecular flexibility index (Phi) is 3.74. The molecule has 0 bridgehead atoms. The van der Waals surface area contributed by atoms with E-state index >= 15 is 0 Å². The van der Waals surface area contributed by atoms with Crippen LogP contribution in [0, 0.1) is 0 Å². The fourth-order valence-electron chi connectivity index (χ4n) is 1.58. The SMILES string of the molecule is CNc1cc(NN(C)C)nc(-c2ccccc2)n1. The lowest BCUT2D eigenvalue weighted by Crippen LogP contribution is -2.20. The van der Waals surface area contributed by atoms with E-state index in [2.05, 4.69) is 20.7 Å². The topological polar surface area (TPSA) is 53.1 Å². The molecule has 0 atom stereocenters. The van der Waals surface area contributed by atoms with Crippen LogP contribution in [0.15, 0.2) is 36.4 Å². The number of hydrazine groups is 1. The summed E-state index contributed by atoms with van der Waals surface area (Å²) in [6.07, 6.45) is 0. The van der Waals surface area contributed by atoms with Crippen molar-refractivity contribution in [1.29, 1.82) is 0 Å². The molecule has 1 heterocycles. The van der Waals surface area contributed by atoms with Crippen LogP contribution >= 0.6 is 0 Å². The third kappa shape index (κ3) is 2.95. The van der Waals surface area contributed by atoms with E-state index in [1.54, 1.807) is 0 Å². The van der Waals surface area contributed by atoms with Crippen molar-refractivity contribution in [3.8, 4) is 11.4 Å². The molecule has 0 amide bonds. The molecule has 0 aliphatic rings. The van der Waals surface area contributed by atoms with Crippen molar-refractivity contribution >= 4 is 11.6 Å². The first-order valence-electron chi connectivity index (χ1n) is 5.75. The smallest absolute Gasteiger partial charge is 0.163 e. The molecular weight excluding hydrogens is 226 g/mol. The molecule has 1 aromatic heterocycles. The van der Waals surface area contributed by atoms with Crippen molar-refractivity contribution in [1.82, 2.24) is 15.0 Å². The zero-order valence-electron chi connectivity index (χ0n) is 10.8. The minimum absolute atomic E-state index is 0.701. The molecule has 0 radical (unpaired) electrons. The highest BCUT2D eigenvalue weighted by molar-refractivity contribution is 5.60. The average Bonchev–Trinajstić information content (AvgIpc) is 2.38. The monoisotopic (exact) mass is 243 g/mol. The number of nitrogens with one attached hydrogen (secondary N) is 2. The van der Waals surface area contributed by atoms with Gasteiger partial charge >= 0.3 is 0 Å². The average molecular weight is 243 g/mol. The number of rotatable bonds is 4. The van der Waals surface area contributed by atoms with Gasteiger partial charge in [-0.1, -0.05) is 30.3 Å². The van der Waals surface area contributed by atoms with Gasteiger partial charge in [0.05, 0.1) is 0 Å². The Morgan fingerprint density at radius 3 is 2.28 bits per heavy atom. The molecule has 18 heavy (non-hydrogen) atoms. The normalized spacial score (nSPS) is 10.4. The van der Waals surface area contributed by atoms with E-state index in [9.17, 15) is 0 Å². The molecule has 0 spiro atoms. The summed E-state index contributed by atoms with van der Waals surface area (Å²) in [4.78, 5) is 8.94. The van der Waals surface area contributed by atoms with Gasteiger partial charge in [-0.2, -0.15) is 0 Å². The maximum absolute atomic E-state index is 4.49. The maximum Gasteiger partial charge on any atom is 0.163 e. The van der Waals surface area contributed by atoms with E-state index in [0.29, 0.717) is 5.82 Å². The van der Waals surface area contributed by atoms with Gasteiger partial charge in [0.1, 0.15) is 11.6 Å². The highest BCUT2D eigenvalue weighted by atomic mass is 15.5. The summed E-state index contributed by atoms with van der Waals surface area (Å²) in [6, 6.07) is 11.8. The zero-order chi connectivity index (χ0) is 13.0. The molecule has 5 heteroatoms. The van der Waals surface area contributed by atoms with Crippen LogP contribution in [0.4, 0.5) is 11.6 Å². The van der Waals surface area contributed by atoms with Gasteiger partial charge in [-0.25, -0.2) is 15.0 Å². The van der Waals surface area contributed by atoms with Gasteiger partial charge < -0.3 is 10.7 Å². The number of anilines is 2. The second-order valence-corrected chi connectivity index (χ2v) is 4.08. The molecule has 5 nitrogen and oxygen atoms in total. The maximum atomic E-state index is 4.49. The van der Waals surface area contributed by atoms with Crippen LogP contribution in [0.3, 0.4) is 0 Å². The third-order valence-corrected chi connectivity index (χ3v) is 2.35. The first-order valence-corrected chi connectivity index (χ1v) is 5.75. The second-order valence-electron chi connectivity index (χ2n) is 4.08. The predicted molar refractivity (Wildman–Crippen MR) is 74.3 cm³/mol. The van der Waals surface area contributed by atoms with Crippen LogP contribution in [-0.2, 0) is 0 Å². The predicted octanol–water partition coefficient (Wildman–Crippen LogP) is 2.07. The fraction of sp³-hybridized carbons (Fsp3) is 0.231. The minimum atomic E-state index is 0.701. The highest BCUT2D eigenvalue weighted by Gasteiger charge is 2.06. The largest absolute Gasteiger partial charge is 0.373 e. The van der Waals surface area contributed by atoms with Gasteiger partial charge in [-0.3, -0.25) is 0 Å². The number of hydrogen-bond acceptors (Lipinski definition) is 5. The van der Waals surface area contributed by atoms with Gasteiger partial charge in [-0.05, 0) is 0 Å². The van der Waals surface area contributed by atoms with E-state index in [1.807, 2.05) is 62.6 Å². The molecule has 0 fully saturated rings. The van der Waals surface area contributed by atoms with Crippen molar-refractivity contribution in [2.24, 2.45) is 0 Å². The van der Waals surface area contributed by atoms with Crippen LogP contribution < -0.4 is 10.7 Å². The molecule has 0 aliphatic carbocycles. The zero-order valence-corrected chi connectivity index (χ0v) is 10.8. The molecule has 0 saturated heterocycles. The summed E-state index contributed by atoms with van der Waals surface area (Å²) in [6.45, 7) is 0. The number of aromatic nitrogens is 2. The molecule has 0 unspecified atom stereocenters. The molecule has 2 rings (SSSR count). The van der Waals surface area contributed by atoms with Gasteiger partial charge in [-0.15, -0.1) is 0 Å². The van der Waals surface area contributed by atoms with Crippen LogP contribution in [0.25, 0.3) is 11.4 Å². The van der Waals surface area contributed by atoms with Gasteiger partial charge in [0.25, 0.3) is 0 Å². The Hall–Kier alpha value is -2.14. The molecule has 94 valence electrons. The summed E-state index contributed by atoms with van der Waals surface area (Å²) >= 11 is 0. The van der Waals surface area contributed by atoms with E-state index in [1.165, 1.54) is 0 Å². The Morgan fingerprint density at radius 1 is 1.00 bits per heavy atom. The van der Waals surface area contributed by atoms with Crippen molar-refractivity contribution in [3.05, 3.63) is 36.4 Å². The lowest BCUT2D eigenvalue weighted by atomic mass is 10.2. The Labute approximate surface area is 107 Å². The van der Waals surface area contributed by atoms with E-state index in [-0.39, 0.29) is 0 Å². The molecule has 2 N–H and O–H groups in total. The molecule has 0 aliphatic heterocycles. The minimum Gasteiger partial charge on any atom is -0.373 e. The fourth-order valence-corrected chi connectivity index (χ4v) is 1.58. The lowest BCUT2D eigenvalue weighted by molar-refractivity contribution is 0.492. The van der Waals surface area contributed by atoms with Crippen LogP contribution in [0.1, 0.15) is 0 Å². The molecule has 0 saturated carbocycles. The van der Waals surface area contributed by atoms with E-state index in [4.69, 9.17) is 0 Å². The summed E-state index contributed by atoms with van der Waals surface area (Å²) in [5.41, 5.74) is 4.13. The summed E-state index contributed by atoms with van der Waals surface area (Å²) in [7, 11) is 5.68. The summed E-state index contributed by atoms with van der Waals surface area (Å²) in [5.74, 6) is 2.25. The van der Waals surface area contributed by atoms with E-state index in [0.717, 1.165) is 17.2 Å². The molecule has 2 aromatic rings. The highest BCUT2D eigenvalue weighted by Crippen LogP contribution is 2.19. The first-order chi connectivity index (χ1) is 8.69. The van der Waals surface area contributed by atoms with Crippen molar-refractivity contribution in [3.63, 3.8) is 0 Å². The lowest BCUT2D eigenvalue weighted by Gasteiger charge is -2.14. The molecular formula is C13H17N5. The van der Waals surface area contributed by atoms with Crippen molar-refractivity contribution in [2.75, 3.05) is 31.9 Å². The first kappa shape index (κ1) is 12.3. The Morgan fingerprint density at radius 2 is 1.67 bits per heavy atom. The third-order valence-electron chi connectivity index (χ3n) is 2.35. The number of benzene rings is 1. The Balaban J connectivity index is 2.41. The van der Waals surface area contributed by atoms with E-state index < -0.39 is 0 Å². The summed E-state index contributed by atoms with van der Waals surface area (Å²) in [5, 5.41) is 4.88. The standard InChI is InChI=1S/C13H17N5/c1-14-11-9-12(17-18(2)3)16-13(15-11)10-7-5-4-6-8-10/h4-9H,1-3H3,(H2,14,15,16,17).